The molecule has 2 aromatic heterocycles. The molecule has 0 bridgehead atoms. The van der Waals surface area contributed by atoms with Crippen molar-refractivity contribution in [3.05, 3.63) is 54.7 Å². The van der Waals surface area contributed by atoms with Gasteiger partial charge in [-0.15, -0.1) is 0 Å². The summed E-state index contributed by atoms with van der Waals surface area (Å²) in [7, 11) is 1.69. The lowest BCUT2D eigenvalue weighted by molar-refractivity contribution is 0.325. The van der Waals surface area contributed by atoms with Gasteiger partial charge in [0.25, 0.3) is 0 Å². The van der Waals surface area contributed by atoms with Crippen LogP contribution >= 0.6 is 0 Å². The van der Waals surface area contributed by atoms with Crippen molar-refractivity contribution >= 4 is 16.8 Å². The van der Waals surface area contributed by atoms with Crippen LogP contribution in [0.5, 0.6) is 5.75 Å². The van der Waals surface area contributed by atoms with Gasteiger partial charge in [0, 0.05) is 24.8 Å². The van der Waals surface area contributed by atoms with Crippen molar-refractivity contribution in [2.75, 3.05) is 26.7 Å². The summed E-state index contributed by atoms with van der Waals surface area (Å²) in [4.78, 5) is 7.54. The van der Waals surface area contributed by atoms with E-state index < -0.39 is 0 Å². The summed E-state index contributed by atoms with van der Waals surface area (Å²) in [6.07, 6.45) is 4.80. The maximum absolute atomic E-state index is 5.27. The van der Waals surface area contributed by atoms with Crippen LogP contribution in [-0.4, -0.2) is 45.6 Å². The molecule has 5 nitrogen and oxygen atoms in total. The Kier molecular flexibility index (Phi) is 4.09. The standard InChI is InChI=1S/C22H24N4O/c1-27-18-10-8-17(9-11-18)19-16-26-21-7-3-2-6-20(21)25(22(26)23-19)15-14-24-12-4-5-13-24/h2-3,6-11,16H,4-5,12-15H2,1H3. The van der Waals surface area contributed by atoms with Gasteiger partial charge >= 0.3 is 0 Å². The maximum Gasteiger partial charge on any atom is 0.215 e. The number of hydrogen-bond donors (Lipinski definition) is 0. The normalized spacial score (nSPS) is 15.1. The topological polar surface area (TPSA) is 34.7 Å². The van der Waals surface area contributed by atoms with Crippen LogP contribution < -0.4 is 4.74 Å². The fraction of sp³-hybridized carbons (Fsp3) is 0.318. The fourth-order valence-electron chi connectivity index (χ4n) is 4.11. The van der Waals surface area contributed by atoms with E-state index in [1.807, 2.05) is 12.1 Å². The Hall–Kier alpha value is -2.79. The highest BCUT2D eigenvalue weighted by Gasteiger charge is 2.17. The third-order valence-corrected chi connectivity index (χ3v) is 5.59. The molecule has 0 N–H and O–H groups in total. The van der Waals surface area contributed by atoms with Gasteiger partial charge in [-0.3, -0.25) is 4.40 Å². The van der Waals surface area contributed by atoms with Crippen LogP contribution in [-0.2, 0) is 6.54 Å². The van der Waals surface area contributed by atoms with Crippen LogP contribution in [0.4, 0.5) is 0 Å². The van der Waals surface area contributed by atoms with Crippen LogP contribution in [0.2, 0.25) is 0 Å². The highest BCUT2D eigenvalue weighted by atomic mass is 16.5. The molecule has 0 unspecified atom stereocenters. The molecule has 0 saturated carbocycles. The van der Waals surface area contributed by atoms with Gasteiger partial charge in [0.2, 0.25) is 5.78 Å². The van der Waals surface area contributed by atoms with Crippen molar-refractivity contribution in [1.29, 1.82) is 0 Å². The van der Waals surface area contributed by atoms with Crippen LogP contribution in [0.1, 0.15) is 12.8 Å². The zero-order chi connectivity index (χ0) is 18.2. The molecule has 1 aliphatic heterocycles. The first-order chi connectivity index (χ1) is 13.3. The summed E-state index contributed by atoms with van der Waals surface area (Å²) in [6.45, 7) is 4.50. The molecule has 3 heterocycles. The van der Waals surface area contributed by atoms with E-state index in [0.29, 0.717) is 0 Å². The highest BCUT2D eigenvalue weighted by Crippen LogP contribution is 2.27. The summed E-state index contributed by atoms with van der Waals surface area (Å²) < 4.78 is 9.85. The smallest absolute Gasteiger partial charge is 0.215 e. The van der Waals surface area contributed by atoms with Gasteiger partial charge in [0.15, 0.2) is 0 Å². The summed E-state index contributed by atoms with van der Waals surface area (Å²) in [6, 6.07) is 16.7. The molecule has 0 amide bonds. The molecule has 1 fully saturated rings. The number of hydrogen-bond acceptors (Lipinski definition) is 3. The zero-order valence-electron chi connectivity index (χ0n) is 15.6. The number of rotatable bonds is 5. The predicted octanol–water partition coefficient (Wildman–Crippen LogP) is 4.06. The number of para-hydroxylation sites is 2. The number of nitrogens with zero attached hydrogens (tertiary/aromatic N) is 4. The summed E-state index contributed by atoms with van der Waals surface area (Å²) in [5.74, 6) is 1.88. The quantitative estimate of drug-likeness (QED) is 0.538. The average molecular weight is 360 g/mol. The number of likely N-dealkylation sites (tertiary alicyclic amines) is 1. The van der Waals surface area contributed by atoms with E-state index in [9.17, 15) is 0 Å². The van der Waals surface area contributed by atoms with E-state index in [2.05, 4.69) is 56.5 Å². The van der Waals surface area contributed by atoms with Crippen molar-refractivity contribution in [2.45, 2.75) is 19.4 Å². The number of methoxy groups -OCH3 is 1. The van der Waals surface area contributed by atoms with E-state index in [1.165, 1.54) is 37.0 Å². The Labute approximate surface area is 158 Å². The Morgan fingerprint density at radius 2 is 1.67 bits per heavy atom. The van der Waals surface area contributed by atoms with Gasteiger partial charge < -0.3 is 14.2 Å². The lowest BCUT2D eigenvalue weighted by Crippen LogP contribution is -2.24. The lowest BCUT2D eigenvalue weighted by atomic mass is 10.2. The lowest BCUT2D eigenvalue weighted by Gasteiger charge is -2.15. The van der Waals surface area contributed by atoms with Crippen molar-refractivity contribution in [3.63, 3.8) is 0 Å². The van der Waals surface area contributed by atoms with E-state index in [1.54, 1.807) is 7.11 Å². The van der Waals surface area contributed by atoms with Crippen LogP contribution in [0.15, 0.2) is 54.7 Å². The van der Waals surface area contributed by atoms with Crippen molar-refractivity contribution < 1.29 is 4.74 Å². The van der Waals surface area contributed by atoms with Crippen molar-refractivity contribution in [3.8, 4) is 17.0 Å². The highest BCUT2D eigenvalue weighted by molar-refractivity contribution is 5.82. The molecule has 27 heavy (non-hydrogen) atoms. The van der Waals surface area contributed by atoms with E-state index in [0.717, 1.165) is 35.9 Å². The summed E-state index contributed by atoms with van der Waals surface area (Å²) in [5.41, 5.74) is 4.56. The minimum absolute atomic E-state index is 0.864. The zero-order valence-corrected chi connectivity index (χ0v) is 15.6. The maximum atomic E-state index is 5.27. The third kappa shape index (κ3) is 2.88. The van der Waals surface area contributed by atoms with Crippen molar-refractivity contribution in [1.82, 2.24) is 18.9 Å². The predicted molar refractivity (Wildman–Crippen MR) is 108 cm³/mol. The Morgan fingerprint density at radius 1 is 0.926 bits per heavy atom. The Morgan fingerprint density at radius 3 is 2.41 bits per heavy atom. The summed E-state index contributed by atoms with van der Waals surface area (Å²) >= 11 is 0. The SMILES string of the molecule is COc1ccc(-c2cn3c4ccccc4n(CCN4CCCC4)c3n2)cc1. The second-order valence-electron chi connectivity index (χ2n) is 7.21. The van der Waals surface area contributed by atoms with Crippen LogP contribution in [0, 0.1) is 0 Å². The minimum atomic E-state index is 0.864. The third-order valence-electron chi connectivity index (χ3n) is 5.59. The molecule has 4 aromatic rings. The Balaban J connectivity index is 1.57. The number of fused-ring (bicyclic) bond motifs is 3. The average Bonchev–Trinajstić information content (AvgIpc) is 3.43. The molecule has 2 aromatic carbocycles. The first kappa shape index (κ1) is 16.4. The number of ether oxygens (including phenoxy) is 1. The molecule has 1 saturated heterocycles. The molecule has 0 aliphatic carbocycles. The van der Waals surface area contributed by atoms with Gasteiger partial charge in [0.1, 0.15) is 5.75 Å². The van der Waals surface area contributed by atoms with E-state index in [-0.39, 0.29) is 0 Å². The molecule has 0 spiro atoms. The number of imidazole rings is 2. The first-order valence-corrected chi connectivity index (χ1v) is 9.66. The summed E-state index contributed by atoms with van der Waals surface area (Å²) in [5, 5.41) is 0. The molecule has 5 rings (SSSR count). The van der Waals surface area contributed by atoms with Gasteiger partial charge in [-0.2, -0.15) is 0 Å². The van der Waals surface area contributed by atoms with Gasteiger partial charge in [0.05, 0.1) is 23.8 Å². The second kappa shape index (κ2) is 6.74. The molecular formula is C22H24N4O. The second-order valence-corrected chi connectivity index (χ2v) is 7.21. The first-order valence-electron chi connectivity index (χ1n) is 9.66. The molecule has 5 heteroatoms. The van der Waals surface area contributed by atoms with Crippen LogP contribution in [0.3, 0.4) is 0 Å². The molecule has 0 atom stereocenters. The number of aromatic nitrogens is 3. The van der Waals surface area contributed by atoms with Gasteiger partial charge in [-0.1, -0.05) is 12.1 Å². The Bertz CT molecular complexity index is 1070. The molecule has 138 valence electrons. The fourth-order valence-corrected chi connectivity index (χ4v) is 4.11. The van der Waals surface area contributed by atoms with E-state index >= 15 is 0 Å². The largest absolute Gasteiger partial charge is 0.497 e. The monoisotopic (exact) mass is 360 g/mol. The number of benzene rings is 2. The molecule has 0 radical (unpaired) electrons. The minimum Gasteiger partial charge on any atom is -0.497 e. The van der Waals surface area contributed by atoms with Gasteiger partial charge in [-0.05, 0) is 62.3 Å². The van der Waals surface area contributed by atoms with Crippen molar-refractivity contribution in [2.24, 2.45) is 0 Å². The molecular weight excluding hydrogens is 336 g/mol. The van der Waals surface area contributed by atoms with Crippen LogP contribution in [0.25, 0.3) is 28.1 Å². The van der Waals surface area contributed by atoms with E-state index in [4.69, 9.17) is 9.72 Å². The van der Waals surface area contributed by atoms with Gasteiger partial charge in [-0.25, -0.2) is 4.98 Å². The molecule has 1 aliphatic rings.